The van der Waals surface area contributed by atoms with Gasteiger partial charge < -0.3 is 20.4 Å². The van der Waals surface area contributed by atoms with Gasteiger partial charge >= 0.3 is 6.18 Å². The van der Waals surface area contributed by atoms with Crippen LogP contribution in [0.3, 0.4) is 0 Å². The molecule has 4 atom stereocenters. The van der Waals surface area contributed by atoms with Crippen molar-refractivity contribution in [2.45, 2.75) is 43.3 Å². The maximum Gasteiger partial charge on any atom is 0.419 e. The maximum atomic E-state index is 14.7. The fourth-order valence-electron chi connectivity index (χ4n) is 5.21. The number of halogens is 4. The van der Waals surface area contributed by atoms with Gasteiger partial charge in [-0.15, -0.1) is 0 Å². The highest BCUT2D eigenvalue weighted by Gasteiger charge is 2.39. The van der Waals surface area contributed by atoms with Crippen LogP contribution in [-0.4, -0.2) is 74.8 Å². The molecule has 3 fully saturated rings. The van der Waals surface area contributed by atoms with Gasteiger partial charge in [0.15, 0.2) is 5.82 Å². The fraction of sp³-hybridized carbons (Fsp3) is 0.524. The van der Waals surface area contributed by atoms with Gasteiger partial charge in [-0.05, 0) is 6.42 Å². The highest BCUT2D eigenvalue weighted by molar-refractivity contribution is 5.72. The molecule has 9 nitrogen and oxygen atoms in total. The summed E-state index contributed by atoms with van der Waals surface area (Å²) < 4.78 is 54.9. The molecule has 3 aliphatic heterocycles. The first kappa shape index (κ1) is 21.3. The summed E-state index contributed by atoms with van der Waals surface area (Å²) >= 11 is 0. The van der Waals surface area contributed by atoms with Gasteiger partial charge in [-0.1, -0.05) is 0 Å². The average Bonchev–Trinajstić information content (AvgIpc) is 3.54. The summed E-state index contributed by atoms with van der Waals surface area (Å²) in [6.07, 6.45) is 2.40. The molecule has 3 aromatic heterocycles. The van der Waals surface area contributed by atoms with E-state index >= 15 is 0 Å². The number of piperidine rings is 1. The van der Waals surface area contributed by atoms with E-state index < -0.39 is 24.0 Å². The number of hydrogen-bond acceptors (Lipinski definition) is 8. The van der Waals surface area contributed by atoms with Crippen LogP contribution in [0, 0.1) is 0 Å². The smallest absolute Gasteiger partial charge is 0.350 e. The monoisotopic (exact) mass is 477 g/mol. The first-order chi connectivity index (χ1) is 16.3. The molecule has 3 saturated heterocycles. The number of imidazole rings is 1. The van der Waals surface area contributed by atoms with E-state index in [-0.39, 0.29) is 18.9 Å². The Morgan fingerprint density at radius 1 is 1.00 bits per heavy atom. The Kier molecular flexibility index (Phi) is 4.97. The first-order valence-corrected chi connectivity index (χ1v) is 11.2. The van der Waals surface area contributed by atoms with Gasteiger partial charge in [0, 0.05) is 69.0 Å². The van der Waals surface area contributed by atoms with E-state index in [1.807, 2.05) is 15.5 Å². The molecule has 6 rings (SSSR count). The summed E-state index contributed by atoms with van der Waals surface area (Å²) in [5.41, 5.74) is -0.0661. The summed E-state index contributed by atoms with van der Waals surface area (Å²) in [4.78, 5) is 20.8. The third kappa shape index (κ3) is 3.77. The molecule has 3 aromatic rings. The zero-order valence-electron chi connectivity index (χ0n) is 18.1. The summed E-state index contributed by atoms with van der Waals surface area (Å²) in [6, 6.07) is 0.488. The van der Waals surface area contributed by atoms with Crippen LogP contribution < -0.4 is 20.4 Å². The molecule has 0 saturated carbocycles. The molecule has 0 spiro atoms. The van der Waals surface area contributed by atoms with Gasteiger partial charge in [0.25, 0.3) is 0 Å². The maximum absolute atomic E-state index is 14.7. The Labute approximate surface area is 192 Å². The van der Waals surface area contributed by atoms with Crippen molar-refractivity contribution in [3.63, 3.8) is 0 Å². The van der Waals surface area contributed by atoms with E-state index in [0.717, 1.165) is 43.2 Å². The molecule has 3 aliphatic rings. The molecule has 13 heteroatoms. The quantitative estimate of drug-likeness (QED) is 0.553. The number of anilines is 3. The molecule has 2 N–H and O–H groups in total. The van der Waals surface area contributed by atoms with Gasteiger partial charge in [0.05, 0.1) is 18.3 Å². The second-order valence-corrected chi connectivity index (χ2v) is 9.08. The Hall–Kier alpha value is -3.22. The minimum atomic E-state index is -4.51. The van der Waals surface area contributed by atoms with Crippen LogP contribution >= 0.6 is 0 Å². The SMILES string of the molecule is F[C@@H]1C[C@@H](Nc2ncc(C(F)(F)F)cn2)CN(c2ncc3c(N4C[C@@H]5C[C@H]4CN5)nccn23)C1. The van der Waals surface area contributed by atoms with Crippen LogP contribution in [0.5, 0.6) is 0 Å². The highest BCUT2D eigenvalue weighted by atomic mass is 19.4. The fourth-order valence-corrected chi connectivity index (χ4v) is 5.21. The van der Waals surface area contributed by atoms with Crippen molar-refractivity contribution in [3.05, 3.63) is 36.5 Å². The van der Waals surface area contributed by atoms with Crippen molar-refractivity contribution in [2.24, 2.45) is 0 Å². The molecule has 0 radical (unpaired) electrons. The third-order valence-corrected chi connectivity index (χ3v) is 6.74. The lowest BCUT2D eigenvalue weighted by Gasteiger charge is -2.35. The van der Waals surface area contributed by atoms with Crippen molar-refractivity contribution in [3.8, 4) is 0 Å². The Balaban J connectivity index is 1.22. The predicted octanol–water partition coefficient (Wildman–Crippen LogP) is 2.12. The molecular formula is C21H23F4N9. The zero-order chi connectivity index (χ0) is 23.4. The summed E-state index contributed by atoms with van der Waals surface area (Å²) in [7, 11) is 0. The average molecular weight is 477 g/mol. The Morgan fingerprint density at radius 2 is 1.82 bits per heavy atom. The van der Waals surface area contributed by atoms with Gasteiger partial charge in [0.2, 0.25) is 11.9 Å². The number of aromatic nitrogens is 5. The summed E-state index contributed by atoms with van der Waals surface area (Å²) in [5.74, 6) is 1.50. The second kappa shape index (κ2) is 7.93. The lowest BCUT2D eigenvalue weighted by molar-refractivity contribution is -0.138. The van der Waals surface area contributed by atoms with E-state index in [1.54, 1.807) is 12.4 Å². The van der Waals surface area contributed by atoms with Crippen LogP contribution in [0.25, 0.3) is 5.52 Å². The number of piperazine rings is 1. The van der Waals surface area contributed by atoms with Crippen molar-refractivity contribution < 1.29 is 17.6 Å². The number of hydrogen-bond donors (Lipinski definition) is 2. The van der Waals surface area contributed by atoms with E-state index in [2.05, 4.69) is 35.5 Å². The standard InChI is InChI=1S/C21H23F4N9/c22-13-3-15(31-19-28-5-12(6-29-19)21(23,24)25)10-32(9-13)20-30-8-17-18(26-1-2-33(17)20)34-11-14-4-16(34)7-27-14/h1-2,5-6,8,13-16,27H,3-4,7,9-11H2,(H,28,29,31)/t13-,14+,15-,16+/m1/s1. The summed E-state index contributed by atoms with van der Waals surface area (Å²) in [6.45, 7) is 2.40. The molecule has 0 amide bonds. The van der Waals surface area contributed by atoms with Crippen LogP contribution in [-0.2, 0) is 6.18 Å². The van der Waals surface area contributed by atoms with Gasteiger partial charge in [-0.3, -0.25) is 4.40 Å². The second-order valence-electron chi connectivity index (χ2n) is 9.08. The third-order valence-electron chi connectivity index (χ3n) is 6.74. The lowest BCUT2D eigenvalue weighted by Crippen LogP contribution is -2.48. The van der Waals surface area contributed by atoms with Gasteiger partial charge in [-0.2, -0.15) is 13.2 Å². The van der Waals surface area contributed by atoms with Crippen LogP contribution in [0.15, 0.2) is 31.0 Å². The van der Waals surface area contributed by atoms with Crippen molar-refractivity contribution in [1.82, 2.24) is 29.7 Å². The molecule has 2 bridgehead atoms. The molecule has 0 unspecified atom stereocenters. The minimum Gasteiger partial charge on any atom is -0.350 e. The molecular weight excluding hydrogens is 454 g/mol. The number of alkyl halides is 4. The number of nitrogens with one attached hydrogen (secondary N) is 2. The zero-order valence-corrected chi connectivity index (χ0v) is 18.1. The minimum absolute atomic E-state index is 0.0317. The van der Waals surface area contributed by atoms with E-state index in [1.165, 1.54) is 0 Å². The number of nitrogens with zero attached hydrogens (tertiary/aromatic N) is 7. The van der Waals surface area contributed by atoms with Gasteiger partial charge in [-0.25, -0.2) is 24.3 Å². The highest BCUT2D eigenvalue weighted by Crippen LogP contribution is 2.33. The molecule has 0 aliphatic carbocycles. The number of rotatable bonds is 4. The van der Waals surface area contributed by atoms with E-state index in [9.17, 15) is 17.6 Å². The van der Waals surface area contributed by atoms with Crippen molar-refractivity contribution in [2.75, 3.05) is 41.3 Å². The molecule has 0 aromatic carbocycles. The van der Waals surface area contributed by atoms with Crippen molar-refractivity contribution in [1.29, 1.82) is 0 Å². The van der Waals surface area contributed by atoms with Gasteiger partial charge in [0.1, 0.15) is 11.7 Å². The molecule has 6 heterocycles. The topological polar surface area (TPSA) is 86.5 Å². The summed E-state index contributed by atoms with van der Waals surface area (Å²) in [5, 5.41) is 6.45. The lowest BCUT2D eigenvalue weighted by atomic mass is 10.0. The largest absolute Gasteiger partial charge is 0.419 e. The predicted molar refractivity (Wildman–Crippen MR) is 117 cm³/mol. The first-order valence-electron chi connectivity index (χ1n) is 11.2. The Bertz CT molecular complexity index is 1180. The van der Waals surface area contributed by atoms with E-state index in [0.29, 0.717) is 24.6 Å². The Morgan fingerprint density at radius 3 is 2.53 bits per heavy atom. The van der Waals surface area contributed by atoms with Crippen LogP contribution in [0.4, 0.5) is 35.3 Å². The molecule has 34 heavy (non-hydrogen) atoms. The van der Waals surface area contributed by atoms with Crippen molar-refractivity contribution >= 4 is 23.2 Å². The van der Waals surface area contributed by atoms with Crippen LogP contribution in [0.1, 0.15) is 18.4 Å². The molecule has 180 valence electrons. The normalized spacial score (nSPS) is 27.1. The van der Waals surface area contributed by atoms with Crippen LogP contribution in [0.2, 0.25) is 0 Å². The number of fused-ring (bicyclic) bond motifs is 3. The van der Waals surface area contributed by atoms with E-state index in [4.69, 9.17) is 0 Å².